The second-order valence-corrected chi connectivity index (χ2v) is 11.4. The lowest BCUT2D eigenvalue weighted by atomic mass is 9.48. The predicted molar refractivity (Wildman–Crippen MR) is 147 cm³/mol. The Hall–Kier alpha value is -2.79. The zero-order chi connectivity index (χ0) is 26.2. The van der Waals surface area contributed by atoms with Crippen LogP contribution in [0.2, 0.25) is 0 Å². The smallest absolute Gasteiger partial charge is 0.330 e. The maximum Gasteiger partial charge on any atom is 0.330 e. The van der Waals surface area contributed by atoms with Crippen LogP contribution in [-0.4, -0.2) is 33.1 Å². The lowest BCUT2D eigenvalue weighted by molar-refractivity contribution is -0.137. The maximum absolute atomic E-state index is 11.8. The highest BCUT2D eigenvalue weighted by molar-refractivity contribution is 5.94. The van der Waals surface area contributed by atoms with E-state index in [4.69, 9.17) is 18.9 Å². The Morgan fingerprint density at radius 2 is 1.76 bits per heavy atom. The zero-order valence-electron chi connectivity index (χ0n) is 22.8. The molecule has 2 aromatic carbocycles. The van der Waals surface area contributed by atoms with Crippen LogP contribution in [0.15, 0.2) is 42.0 Å². The molecule has 4 bridgehead atoms. The molecule has 0 aliphatic heterocycles. The van der Waals surface area contributed by atoms with Crippen LogP contribution in [0.3, 0.4) is 0 Å². The van der Waals surface area contributed by atoms with Gasteiger partial charge in [-0.25, -0.2) is 4.79 Å². The summed E-state index contributed by atoms with van der Waals surface area (Å²) in [6.45, 7) is 6.02. The maximum atomic E-state index is 11.8. The number of hydrogen-bond donors (Lipinski definition) is 0. The molecule has 4 saturated carbocycles. The summed E-state index contributed by atoms with van der Waals surface area (Å²) < 4.78 is 22.9. The first-order valence-corrected chi connectivity index (χ1v) is 13.7. The average molecular weight is 505 g/mol. The summed E-state index contributed by atoms with van der Waals surface area (Å²) in [6, 6.07) is 8.71. The molecule has 198 valence electrons. The topological polar surface area (TPSA) is 54.0 Å². The van der Waals surface area contributed by atoms with E-state index in [-0.39, 0.29) is 17.7 Å². The van der Waals surface area contributed by atoms with E-state index < -0.39 is 0 Å². The van der Waals surface area contributed by atoms with Gasteiger partial charge in [-0.15, -0.1) is 0 Å². The molecule has 0 spiro atoms. The summed E-state index contributed by atoms with van der Waals surface area (Å²) in [5, 5.41) is 2.18. The van der Waals surface area contributed by atoms with Gasteiger partial charge < -0.3 is 18.9 Å². The van der Waals surface area contributed by atoms with Gasteiger partial charge in [-0.05, 0) is 106 Å². The summed E-state index contributed by atoms with van der Waals surface area (Å²) in [7, 11) is 3.42. The molecule has 4 aliphatic rings. The molecule has 0 aromatic heterocycles. The van der Waals surface area contributed by atoms with Crippen LogP contribution in [0.4, 0.5) is 0 Å². The summed E-state index contributed by atoms with van der Waals surface area (Å²) in [6.07, 6.45) is 13.1. The van der Waals surface area contributed by atoms with Crippen molar-refractivity contribution in [3.63, 3.8) is 0 Å². The van der Waals surface area contributed by atoms with Gasteiger partial charge in [0, 0.05) is 29.7 Å². The summed E-state index contributed by atoms with van der Waals surface area (Å²) in [5.74, 6) is 3.96. The quantitative estimate of drug-likeness (QED) is 0.156. The van der Waals surface area contributed by atoms with Crippen molar-refractivity contribution >= 4 is 22.8 Å². The highest BCUT2D eigenvalue weighted by atomic mass is 16.7. The molecule has 1 unspecified atom stereocenters. The van der Waals surface area contributed by atoms with Gasteiger partial charge in [0.25, 0.3) is 0 Å². The van der Waals surface area contributed by atoms with Crippen molar-refractivity contribution in [3.05, 3.63) is 53.1 Å². The number of carbonyl (C=O) groups excluding carboxylic acids is 1. The molecule has 4 aliphatic carbocycles. The average Bonchev–Trinajstić information content (AvgIpc) is 2.85. The van der Waals surface area contributed by atoms with Gasteiger partial charge >= 0.3 is 5.97 Å². The zero-order valence-corrected chi connectivity index (χ0v) is 22.8. The standard InChI is InChI=1S/C32H40O5/c1-6-36-30(33)11-20(2)7-8-25-9-10-26-15-29(37-21(3)34-4)28(16-27(26)31(25)35-5)32-17-22-12-23(18-32)14-24(13-22)19-32/h7-11,15-16,21-24H,6,12-14,17-19H2,1-5H3. The Labute approximate surface area is 220 Å². The van der Waals surface area contributed by atoms with Crippen LogP contribution in [-0.2, 0) is 19.7 Å². The van der Waals surface area contributed by atoms with Crippen molar-refractivity contribution in [2.24, 2.45) is 17.8 Å². The number of benzene rings is 2. The molecular weight excluding hydrogens is 464 g/mol. The Morgan fingerprint density at radius 1 is 1.08 bits per heavy atom. The first-order chi connectivity index (χ1) is 17.8. The molecule has 5 nitrogen and oxygen atoms in total. The third-order valence-electron chi connectivity index (χ3n) is 8.70. The first-order valence-electron chi connectivity index (χ1n) is 13.7. The number of hydrogen-bond acceptors (Lipinski definition) is 5. The van der Waals surface area contributed by atoms with Crippen molar-refractivity contribution in [1.29, 1.82) is 0 Å². The van der Waals surface area contributed by atoms with Crippen molar-refractivity contribution in [3.8, 4) is 11.5 Å². The van der Waals surface area contributed by atoms with E-state index >= 15 is 0 Å². The molecule has 5 heteroatoms. The molecule has 0 N–H and O–H groups in total. The highest BCUT2D eigenvalue weighted by Crippen LogP contribution is 2.62. The van der Waals surface area contributed by atoms with Crippen LogP contribution in [0.5, 0.6) is 11.5 Å². The molecule has 0 amide bonds. The minimum atomic E-state index is -0.326. The Morgan fingerprint density at radius 3 is 2.35 bits per heavy atom. The third-order valence-corrected chi connectivity index (χ3v) is 8.70. The molecule has 6 rings (SSSR count). The van der Waals surface area contributed by atoms with E-state index in [0.717, 1.165) is 51.2 Å². The van der Waals surface area contributed by atoms with Gasteiger partial charge in [0.1, 0.15) is 11.5 Å². The van der Waals surface area contributed by atoms with E-state index in [1.807, 2.05) is 26.0 Å². The van der Waals surface area contributed by atoms with Gasteiger partial charge in [0.2, 0.25) is 0 Å². The lowest BCUT2D eigenvalue weighted by Gasteiger charge is -2.57. The van der Waals surface area contributed by atoms with Crippen LogP contribution >= 0.6 is 0 Å². The molecule has 4 fully saturated rings. The predicted octanol–water partition coefficient (Wildman–Crippen LogP) is 7.21. The first kappa shape index (κ1) is 25.8. The molecule has 37 heavy (non-hydrogen) atoms. The molecule has 1 atom stereocenters. The third kappa shape index (κ3) is 5.16. The number of allylic oxidation sites excluding steroid dienone is 2. The van der Waals surface area contributed by atoms with Gasteiger partial charge in [-0.1, -0.05) is 24.3 Å². The molecule has 0 heterocycles. The number of ether oxygens (including phenoxy) is 4. The highest BCUT2D eigenvalue weighted by Gasteiger charge is 2.52. The molecule has 0 saturated heterocycles. The molecule has 0 radical (unpaired) electrons. The fourth-order valence-corrected chi connectivity index (χ4v) is 7.52. The van der Waals surface area contributed by atoms with E-state index in [0.29, 0.717) is 6.61 Å². The SMILES string of the molecule is CCOC(=O)C=C(C)C=Cc1ccc2cc(OC(C)OC)c(C34CC5CC(CC(C5)C3)C4)cc2c1OC. The summed E-state index contributed by atoms with van der Waals surface area (Å²) in [4.78, 5) is 11.8. The lowest BCUT2D eigenvalue weighted by Crippen LogP contribution is -2.48. The van der Waals surface area contributed by atoms with Crippen molar-refractivity contribution < 1.29 is 23.7 Å². The van der Waals surface area contributed by atoms with Crippen LogP contribution in [0, 0.1) is 17.8 Å². The number of rotatable bonds is 9. The Bertz CT molecular complexity index is 1190. The fraction of sp³-hybridized carbons (Fsp3) is 0.531. The second kappa shape index (κ2) is 10.5. The number of methoxy groups -OCH3 is 2. The Balaban J connectivity index is 1.59. The summed E-state index contributed by atoms with van der Waals surface area (Å²) in [5.41, 5.74) is 3.29. The van der Waals surface area contributed by atoms with Crippen LogP contribution in [0.25, 0.3) is 16.8 Å². The summed E-state index contributed by atoms with van der Waals surface area (Å²) >= 11 is 0. The van der Waals surface area contributed by atoms with Crippen molar-refractivity contribution in [2.45, 2.75) is 71.0 Å². The molecular formula is C32H40O5. The van der Waals surface area contributed by atoms with Crippen molar-refractivity contribution in [2.75, 3.05) is 20.8 Å². The minimum Gasteiger partial charge on any atom is -0.495 e. The van der Waals surface area contributed by atoms with E-state index in [1.165, 1.54) is 50.2 Å². The van der Waals surface area contributed by atoms with Gasteiger partial charge in [-0.3, -0.25) is 0 Å². The second-order valence-electron chi connectivity index (χ2n) is 11.4. The van der Waals surface area contributed by atoms with Crippen LogP contribution in [0.1, 0.15) is 70.4 Å². The normalized spacial score (nSPS) is 27.6. The van der Waals surface area contributed by atoms with E-state index in [9.17, 15) is 4.79 Å². The van der Waals surface area contributed by atoms with E-state index in [2.05, 4.69) is 24.3 Å². The minimum absolute atomic E-state index is 0.168. The van der Waals surface area contributed by atoms with Gasteiger partial charge in [0.15, 0.2) is 6.29 Å². The monoisotopic (exact) mass is 504 g/mol. The number of carbonyl (C=O) groups is 1. The van der Waals surface area contributed by atoms with Crippen molar-refractivity contribution in [1.82, 2.24) is 0 Å². The van der Waals surface area contributed by atoms with Gasteiger partial charge in [0.05, 0.1) is 13.7 Å². The van der Waals surface area contributed by atoms with E-state index in [1.54, 1.807) is 21.1 Å². The molecule has 2 aromatic rings. The fourth-order valence-electron chi connectivity index (χ4n) is 7.52. The van der Waals surface area contributed by atoms with Gasteiger partial charge in [-0.2, -0.15) is 0 Å². The van der Waals surface area contributed by atoms with Crippen LogP contribution < -0.4 is 9.47 Å². The number of fused-ring (bicyclic) bond motifs is 1. The Kier molecular flexibility index (Phi) is 7.35. The largest absolute Gasteiger partial charge is 0.495 e. The number of esters is 1.